The van der Waals surface area contributed by atoms with Crippen LogP contribution in [0.3, 0.4) is 0 Å². The van der Waals surface area contributed by atoms with E-state index in [0.29, 0.717) is 16.0 Å². The molecule has 1 saturated heterocycles. The average Bonchev–Trinajstić information content (AvgIpc) is 3.00. The molecule has 1 aliphatic rings. The lowest BCUT2D eigenvalue weighted by Gasteiger charge is -2.12. The van der Waals surface area contributed by atoms with E-state index in [9.17, 15) is 18.0 Å². The Morgan fingerprint density at radius 2 is 1.69 bits per heavy atom. The van der Waals surface area contributed by atoms with E-state index in [2.05, 4.69) is 5.32 Å². The summed E-state index contributed by atoms with van der Waals surface area (Å²) in [6.45, 7) is 0. The first-order valence-corrected chi connectivity index (χ1v) is 10.9. The van der Waals surface area contributed by atoms with Gasteiger partial charge in [0.1, 0.15) is 4.90 Å². The molecule has 146 valence electrons. The number of hydrogen-bond donors (Lipinski definition) is 1. The van der Waals surface area contributed by atoms with Crippen LogP contribution < -0.4 is 9.50 Å². The summed E-state index contributed by atoms with van der Waals surface area (Å²) in [7, 11) is -4.14. The molecule has 1 aliphatic heterocycles. The molecule has 0 atom stereocenters. The highest BCUT2D eigenvalue weighted by Gasteiger charge is 2.26. The summed E-state index contributed by atoms with van der Waals surface area (Å²) >= 11 is 6.57. The summed E-state index contributed by atoms with van der Waals surface area (Å²) in [6, 6.07) is 16.1. The molecular formula is C20H12ClNO5S2. The molecule has 0 spiro atoms. The Labute approximate surface area is 175 Å². The van der Waals surface area contributed by atoms with Crippen molar-refractivity contribution in [3.63, 3.8) is 0 Å². The molecular weight excluding hydrogens is 434 g/mol. The fraction of sp³-hybridized carbons (Fsp3) is 0. The molecule has 9 heteroatoms. The van der Waals surface area contributed by atoms with E-state index >= 15 is 0 Å². The maximum absolute atomic E-state index is 12.7. The third kappa shape index (κ3) is 4.00. The molecule has 0 unspecified atom stereocenters. The lowest BCUT2D eigenvalue weighted by Crippen LogP contribution is -2.17. The summed E-state index contributed by atoms with van der Waals surface area (Å²) < 4.78 is 30.9. The first-order chi connectivity index (χ1) is 13.8. The minimum Gasteiger partial charge on any atom is -0.378 e. The first kappa shape index (κ1) is 19.5. The molecule has 2 amide bonds. The van der Waals surface area contributed by atoms with Gasteiger partial charge in [-0.3, -0.25) is 14.9 Å². The molecule has 0 radical (unpaired) electrons. The van der Waals surface area contributed by atoms with E-state index in [4.69, 9.17) is 15.8 Å². The van der Waals surface area contributed by atoms with Crippen LogP contribution in [0.15, 0.2) is 70.5 Å². The molecule has 1 fully saturated rings. The van der Waals surface area contributed by atoms with E-state index < -0.39 is 21.3 Å². The van der Waals surface area contributed by atoms with Gasteiger partial charge in [-0.15, -0.1) is 0 Å². The number of imide groups is 1. The van der Waals surface area contributed by atoms with Crippen LogP contribution in [0.25, 0.3) is 16.8 Å². The highest BCUT2D eigenvalue weighted by Crippen LogP contribution is 2.35. The number of halogens is 1. The molecule has 1 heterocycles. The molecule has 1 N–H and O–H groups in total. The Hall–Kier alpha value is -2.81. The minimum absolute atomic E-state index is 0.0406. The highest BCUT2D eigenvalue weighted by atomic mass is 35.5. The fourth-order valence-corrected chi connectivity index (χ4v) is 4.55. The summed E-state index contributed by atoms with van der Waals surface area (Å²) in [5, 5.41) is 3.59. The second-order valence-electron chi connectivity index (χ2n) is 6.04. The Morgan fingerprint density at radius 3 is 2.38 bits per heavy atom. The predicted molar refractivity (Wildman–Crippen MR) is 112 cm³/mol. The standard InChI is InChI=1S/C20H12ClNO5S2/c21-13-6-8-14(9-7-13)29(25,26)27-17-10-5-12-3-1-2-4-15(12)16(17)11-18-19(23)22-20(24)28-18/h1-11H,(H,22,23,24)/b18-11-. The van der Waals surface area contributed by atoms with Crippen LogP contribution in [0.2, 0.25) is 5.02 Å². The van der Waals surface area contributed by atoms with Gasteiger partial charge in [-0.05, 0) is 58.9 Å². The van der Waals surface area contributed by atoms with Crippen molar-refractivity contribution in [3.05, 3.63) is 76.2 Å². The van der Waals surface area contributed by atoms with Crippen molar-refractivity contribution in [3.8, 4) is 5.75 Å². The largest absolute Gasteiger partial charge is 0.378 e. The van der Waals surface area contributed by atoms with Crippen molar-refractivity contribution < 1.29 is 22.2 Å². The maximum Gasteiger partial charge on any atom is 0.339 e. The Morgan fingerprint density at radius 1 is 0.966 bits per heavy atom. The van der Waals surface area contributed by atoms with E-state index in [1.807, 2.05) is 12.1 Å². The normalized spacial score (nSPS) is 15.7. The van der Waals surface area contributed by atoms with Crippen molar-refractivity contribution in [1.29, 1.82) is 0 Å². The van der Waals surface area contributed by atoms with Gasteiger partial charge in [0.2, 0.25) is 0 Å². The molecule has 0 aromatic heterocycles. The number of rotatable bonds is 4. The van der Waals surface area contributed by atoms with Crippen molar-refractivity contribution >= 4 is 61.5 Å². The van der Waals surface area contributed by atoms with Gasteiger partial charge >= 0.3 is 10.1 Å². The van der Waals surface area contributed by atoms with Crippen LogP contribution in [0, 0.1) is 0 Å². The zero-order chi connectivity index (χ0) is 20.6. The van der Waals surface area contributed by atoms with Gasteiger partial charge in [0, 0.05) is 10.6 Å². The second kappa shape index (κ2) is 7.55. The number of carbonyl (C=O) groups excluding carboxylic acids is 2. The van der Waals surface area contributed by atoms with Crippen molar-refractivity contribution in [2.45, 2.75) is 4.90 Å². The van der Waals surface area contributed by atoms with Crippen LogP contribution in [0.5, 0.6) is 5.75 Å². The molecule has 0 saturated carbocycles. The van der Waals surface area contributed by atoms with Crippen LogP contribution in [-0.4, -0.2) is 19.6 Å². The number of amides is 2. The predicted octanol–water partition coefficient (Wildman–Crippen LogP) is 4.58. The molecule has 6 nitrogen and oxygen atoms in total. The van der Waals surface area contributed by atoms with Crippen LogP contribution in [-0.2, 0) is 14.9 Å². The molecule has 29 heavy (non-hydrogen) atoms. The van der Waals surface area contributed by atoms with Crippen molar-refractivity contribution in [1.82, 2.24) is 5.32 Å². The third-order valence-electron chi connectivity index (χ3n) is 4.15. The van der Waals surface area contributed by atoms with Gasteiger partial charge in [0.15, 0.2) is 5.75 Å². The summed E-state index contributed by atoms with van der Waals surface area (Å²) in [5.74, 6) is -0.502. The molecule has 0 bridgehead atoms. The number of benzene rings is 3. The zero-order valence-electron chi connectivity index (χ0n) is 14.6. The quantitative estimate of drug-likeness (QED) is 0.467. The number of fused-ring (bicyclic) bond motifs is 1. The van der Waals surface area contributed by atoms with E-state index in [1.54, 1.807) is 18.2 Å². The first-order valence-electron chi connectivity index (χ1n) is 8.30. The third-order valence-corrected chi connectivity index (χ3v) is 6.46. The SMILES string of the molecule is O=C1NC(=O)/C(=C/c2c(OS(=O)(=O)c3ccc(Cl)cc3)ccc3ccccc23)S1. The van der Waals surface area contributed by atoms with Crippen LogP contribution in [0.4, 0.5) is 4.79 Å². The lowest BCUT2D eigenvalue weighted by molar-refractivity contribution is -0.115. The van der Waals surface area contributed by atoms with Gasteiger partial charge in [-0.25, -0.2) is 0 Å². The Balaban J connectivity index is 1.84. The molecule has 3 aromatic carbocycles. The van der Waals surface area contributed by atoms with Crippen LogP contribution >= 0.6 is 23.4 Å². The van der Waals surface area contributed by atoms with E-state index in [1.165, 1.54) is 36.4 Å². The Kier molecular flexibility index (Phi) is 5.08. The zero-order valence-corrected chi connectivity index (χ0v) is 17.0. The minimum atomic E-state index is -4.14. The van der Waals surface area contributed by atoms with Gasteiger partial charge in [-0.2, -0.15) is 8.42 Å². The molecule has 3 aromatic rings. The van der Waals surface area contributed by atoms with Crippen molar-refractivity contribution in [2.24, 2.45) is 0 Å². The summed E-state index contributed by atoms with van der Waals surface area (Å²) in [5.41, 5.74) is 0.382. The monoisotopic (exact) mass is 445 g/mol. The smallest absolute Gasteiger partial charge is 0.339 e. The number of carbonyl (C=O) groups is 2. The summed E-state index contributed by atoms with van der Waals surface area (Å²) in [4.78, 5) is 23.6. The van der Waals surface area contributed by atoms with Crippen molar-refractivity contribution in [2.75, 3.05) is 0 Å². The second-order valence-corrected chi connectivity index (χ2v) is 9.04. The van der Waals surface area contributed by atoms with Gasteiger partial charge < -0.3 is 4.18 Å². The van der Waals surface area contributed by atoms with Gasteiger partial charge in [0.05, 0.1) is 4.91 Å². The van der Waals surface area contributed by atoms with Crippen LogP contribution in [0.1, 0.15) is 5.56 Å². The Bertz CT molecular complexity index is 1280. The number of hydrogen-bond acceptors (Lipinski definition) is 6. The van der Waals surface area contributed by atoms with Gasteiger partial charge in [0.25, 0.3) is 11.1 Å². The number of thioether (sulfide) groups is 1. The molecule has 4 rings (SSSR count). The van der Waals surface area contributed by atoms with Gasteiger partial charge in [-0.1, -0.05) is 41.9 Å². The maximum atomic E-state index is 12.7. The number of nitrogens with one attached hydrogen (secondary N) is 1. The van der Waals surface area contributed by atoms with E-state index in [0.717, 1.165) is 17.1 Å². The van der Waals surface area contributed by atoms with E-state index in [-0.39, 0.29) is 15.6 Å². The molecule has 0 aliphatic carbocycles. The summed E-state index contributed by atoms with van der Waals surface area (Å²) in [6.07, 6.45) is 1.46. The highest BCUT2D eigenvalue weighted by molar-refractivity contribution is 8.18. The lowest BCUT2D eigenvalue weighted by atomic mass is 10.0. The topological polar surface area (TPSA) is 89.5 Å². The fourth-order valence-electron chi connectivity index (χ4n) is 2.82. The average molecular weight is 446 g/mol.